The molecule has 1 aromatic carbocycles. The number of amides is 2. The van der Waals surface area contributed by atoms with Crippen molar-refractivity contribution in [3.05, 3.63) is 28.8 Å². The highest BCUT2D eigenvalue weighted by molar-refractivity contribution is 6.62. The Hall–Kier alpha value is -2.06. The van der Waals surface area contributed by atoms with Gasteiger partial charge in [0, 0.05) is 18.7 Å². The fourth-order valence-electron chi connectivity index (χ4n) is 3.32. The number of benzene rings is 1. The van der Waals surface area contributed by atoms with Gasteiger partial charge in [0.15, 0.2) is 0 Å². The van der Waals surface area contributed by atoms with E-state index >= 15 is 0 Å². The van der Waals surface area contributed by atoms with Gasteiger partial charge in [-0.3, -0.25) is 9.69 Å². The summed E-state index contributed by atoms with van der Waals surface area (Å²) in [4.78, 5) is 26.0. The van der Waals surface area contributed by atoms with Gasteiger partial charge in [-0.1, -0.05) is 0 Å². The minimum absolute atomic E-state index is 0.345. The topological polar surface area (TPSA) is 91.1 Å². The van der Waals surface area contributed by atoms with Crippen molar-refractivity contribution in [2.75, 3.05) is 0 Å². The maximum atomic E-state index is 12.5. The molecule has 2 N–H and O–H groups in total. The van der Waals surface area contributed by atoms with Gasteiger partial charge in [0.1, 0.15) is 5.60 Å². The Labute approximate surface area is 166 Å². The van der Waals surface area contributed by atoms with Gasteiger partial charge in [0.25, 0.3) is 0 Å². The van der Waals surface area contributed by atoms with Crippen LogP contribution in [0.25, 0.3) is 0 Å². The van der Waals surface area contributed by atoms with Gasteiger partial charge in [0.05, 0.1) is 11.2 Å². The first-order chi connectivity index (χ1) is 12.7. The summed E-state index contributed by atoms with van der Waals surface area (Å²) in [7, 11) is -0.642. The van der Waals surface area contributed by atoms with Crippen molar-refractivity contribution in [2.45, 2.75) is 78.4 Å². The molecule has 0 radical (unpaired) electrons. The number of primary amides is 1. The summed E-state index contributed by atoms with van der Waals surface area (Å²) in [6.45, 7) is 14.1. The zero-order valence-corrected chi connectivity index (χ0v) is 17.7. The Balaban J connectivity index is 1.96. The van der Waals surface area contributed by atoms with Crippen molar-refractivity contribution < 1.29 is 23.6 Å². The number of hydrogen-bond acceptors (Lipinski definition) is 5. The highest BCUT2D eigenvalue weighted by Gasteiger charge is 2.52. The predicted molar refractivity (Wildman–Crippen MR) is 106 cm³/mol. The van der Waals surface area contributed by atoms with Gasteiger partial charge < -0.3 is 19.8 Å². The van der Waals surface area contributed by atoms with Gasteiger partial charge in [-0.05, 0) is 77.2 Å². The average molecular weight is 388 g/mol. The third kappa shape index (κ3) is 3.75. The average Bonchev–Trinajstić information content (AvgIpc) is 3.03. The van der Waals surface area contributed by atoms with E-state index in [1.807, 2.05) is 48.5 Å². The van der Waals surface area contributed by atoms with Gasteiger partial charge in [-0.25, -0.2) is 4.79 Å². The van der Waals surface area contributed by atoms with E-state index in [0.29, 0.717) is 18.7 Å². The van der Waals surface area contributed by atoms with E-state index in [1.165, 1.54) is 0 Å². The maximum Gasteiger partial charge on any atom is 0.495 e. The Morgan fingerprint density at radius 2 is 1.68 bits per heavy atom. The molecular weight excluding hydrogens is 359 g/mol. The summed E-state index contributed by atoms with van der Waals surface area (Å²) < 4.78 is 17.8. The van der Waals surface area contributed by atoms with Crippen molar-refractivity contribution in [1.82, 2.24) is 4.90 Å². The Morgan fingerprint density at radius 3 is 2.18 bits per heavy atom. The van der Waals surface area contributed by atoms with E-state index in [2.05, 4.69) is 0 Å². The van der Waals surface area contributed by atoms with Gasteiger partial charge in [-0.2, -0.15) is 0 Å². The number of fused-ring (bicyclic) bond motifs is 1. The fourth-order valence-corrected chi connectivity index (χ4v) is 3.32. The number of nitrogens with two attached hydrogens (primary N) is 1. The number of carbonyl (C=O) groups excluding carboxylic acids is 2. The molecule has 2 aliphatic heterocycles. The first kappa shape index (κ1) is 20.7. The SMILES string of the molecule is CC(C)(C)OC(=O)N1Cc2cc(C(N)=O)cc(B3OC(C)(C)C(C)(C)O3)c2C1. The number of hydrogen-bond donors (Lipinski definition) is 1. The van der Waals surface area contributed by atoms with Crippen molar-refractivity contribution in [3.63, 3.8) is 0 Å². The number of nitrogens with zero attached hydrogens (tertiary/aromatic N) is 1. The van der Waals surface area contributed by atoms with Crippen LogP contribution in [0, 0.1) is 0 Å². The molecule has 0 unspecified atom stereocenters. The van der Waals surface area contributed by atoms with Gasteiger partial charge >= 0.3 is 13.2 Å². The Morgan fingerprint density at radius 1 is 1.11 bits per heavy atom. The standard InChI is InChI=1S/C20H29BN2O5/c1-18(2,3)26-17(25)23-10-13-8-12(16(22)24)9-15(14(13)11-23)21-27-19(4,5)20(6,7)28-21/h8-9H,10-11H2,1-7H3,(H2,22,24). The van der Waals surface area contributed by atoms with Crippen LogP contribution in [0.2, 0.25) is 0 Å². The smallest absolute Gasteiger partial charge is 0.444 e. The van der Waals surface area contributed by atoms with Gasteiger partial charge in [0.2, 0.25) is 5.91 Å². The molecular formula is C20H29BN2O5. The highest BCUT2D eigenvalue weighted by Crippen LogP contribution is 2.37. The largest absolute Gasteiger partial charge is 0.495 e. The lowest BCUT2D eigenvalue weighted by Gasteiger charge is -2.32. The Bertz CT molecular complexity index is 813. The first-order valence-electron chi connectivity index (χ1n) is 9.49. The number of rotatable bonds is 2. The second kappa shape index (κ2) is 6.49. The molecule has 0 saturated carbocycles. The number of carbonyl (C=O) groups is 2. The zero-order valence-electron chi connectivity index (χ0n) is 17.7. The van der Waals surface area contributed by atoms with Crippen LogP contribution in [-0.4, -0.2) is 40.8 Å². The summed E-state index contributed by atoms with van der Waals surface area (Å²) in [5, 5.41) is 0. The third-order valence-corrected chi connectivity index (χ3v) is 5.53. The summed E-state index contributed by atoms with van der Waals surface area (Å²) in [6, 6.07) is 3.44. The van der Waals surface area contributed by atoms with Crippen LogP contribution in [-0.2, 0) is 27.1 Å². The van der Waals surface area contributed by atoms with E-state index < -0.39 is 35.9 Å². The number of ether oxygens (including phenoxy) is 1. The van der Waals surface area contributed by atoms with Crippen molar-refractivity contribution in [2.24, 2.45) is 5.73 Å². The molecule has 0 aromatic heterocycles. The van der Waals surface area contributed by atoms with E-state index in [4.69, 9.17) is 19.8 Å². The third-order valence-electron chi connectivity index (χ3n) is 5.53. The molecule has 1 aromatic rings. The highest BCUT2D eigenvalue weighted by atomic mass is 16.7. The quantitative estimate of drug-likeness (QED) is 0.786. The molecule has 3 rings (SSSR count). The minimum Gasteiger partial charge on any atom is -0.444 e. The van der Waals surface area contributed by atoms with Crippen LogP contribution in [0.1, 0.15) is 70.0 Å². The van der Waals surface area contributed by atoms with Crippen molar-refractivity contribution in [3.8, 4) is 0 Å². The summed E-state index contributed by atoms with van der Waals surface area (Å²) in [5.74, 6) is -0.531. The van der Waals surface area contributed by atoms with Crippen molar-refractivity contribution in [1.29, 1.82) is 0 Å². The molecule has 7 nitrogen and oxygen atoms in total. The second-order valence-corrected chi connectivity index (χ2v) is 9.49. The molecule has 28 heavy (non-hydrogen) atoms. The Kier molecular flexibility index (Phi) is 4.79. The van der Waals surface area contributed by atoms with Gasteiger partial charge in [-0.15, -0.1) is 0 Å². The van der Waals surface area contributed by atoms with Crippen molar-refractivity contribution >= 4 is 24.6 Å². The molecule has 152 valence electrons. The molecule has 0 spiro atoms. The lowest BCUT2D eigenvalue weighted by Crippen LogP contribution is -2.41. The van der Waals surface area contributed by atoms with E-state index in [9.17, 15) is 9.59 Å². The lowest BCUT2D eigenvalue weighted by molar-refractivity contribution is 0.00578. The molecule has 2 amide bonds. The van der Waals surface area contributed by atoms with E-state index in [-0.39, 0.29) is 0 Å². The summed E-state index contributed by atoms with van der Waals surface area (Å²) in [5.41, 5.74) is 6.78. The molecule has 0 atom stereocenters. The van der Waals surface area contributed by atoms with Crippen LogP contribution < -0.4 is 11.2 Å². The maximum absolute atomic E-state index is 12.5. The second-order valence-electron chi connectivity index (χ2n) is 9.49. The fraction of sp³-hybridized carbons (Fsp3) is 0.600. The van der Waals surface area contributed by atoms with Crippen LogP contribution in [0.15, 0.2) is 12.1 Å². The monoisotopic (exact) mass is 388 g/mol. The molecule has 2 heterocycles. The minimum atomic E-state index is -0.642. The molecule has 0 bridgehead atoms. The zero-order chi connectivity index (χ0) is 21.1. The summed E-state index contributed by atoms with van der Waals surface area (Å²) in [6.07, 6.45) is -0.399. The van der Waals surface area contributed by atoms with E-state index in [1.54, 1.807) is 17.0 Å². The summed E-state index contributed by atoms with van der Waals surface area (Å²) >= 11 is 0. The molecule has 1 saturated heterocycles. The van der Waals surface area contributed by atoms with Crippen LogP contribution in [0.5, 0.6) is 0 Å². The lowest BCUT2D eigenvalue weighted by atomic mass is 9.74. The molecule has 2 aliphatic rings. The predicted octanol–water partition coefficient (Wildman–Crippen LogP) is 2.34. The molecule has 8 heteroatoms. The molecule has 0 aliphatic carbocycles. The van der Waals surface area contributed by atoms with Crippen LogP contribution in [0.4, 0.5) is 4.79 Å². The molecule has 1 fully saturated rings. The van der Waals surface area contributed by atoms with Crippen LogP contribution >= 0.6 is 0 Å². The van der Waals surface area contributed by atoms with E-state index in [0.717, 1.165) is 16.6 Å². The van der Waals surface area contributed by atoms with Crippen LogP contribution in [0.3, 0.4) is 0 Å². The normalized spacial score (nSPS) is 20.2. The first-order valence-corrected chi connectivity index (χ1v) is 9.49.